The number of ether oxygens (including phenoxy) is 2. The highest BCUT2D eigenvalue weighted by molar-refractivity contribution is 8.28. The van der Waals surface area contributed by atoms with Crippen molar-refractivity contribution < 1.29 is 19.1 Å². The second kappa shape index (κ2) is 8.54. The Kier molecular flexibility index (Phi) is 6.01. The smallest absolute Gasteiger partial charge is 0.247 e. The van der Waals surface area contributed by atoms with E-state index in [2.05, 4.69) is 0 Å². The van der Waals surface area contributed by atoms with E-state index >= 15 is 0 Å². The van der Waals surface area contributed by atoms with Crippen molar-refractivity contribution in [2.75, 3.05) is 24.0 Å². The van der Waals surface area contributed by atoms with Crippen LogP contribution < -0.4 is 19.3 Å². The summed E-state index contributed by atoms with van der Waals surface area (Å²) < 4.78 is 11.2. The maximum absolute atomic E-state index is 13.2. The fourth-order valence-electron chi connectivity index (χ4n) is 3.17. The van der Waals surface area contributed by atoms with Crippen LogP contribution in [0.25, 0.3) is 0 Å². The van der Waals surface area contributed by atoms with Gasteiger partial charge in [-0.3, -0.25) is 19.4 Å². The molecule has 0 N–H and O–H groups in total. The van der Waals surface area contributed by atoms with Gasteiger partial charge in [0.05, 0.1) is 25.6 Å². The zero-order valence-electron chi connectivity index (χ0n) is 15.9. The van der Waals surface area contributed by atoms with Gasteiger partial charge in [-0.25, -0.2) is 0 Å². The molecule has 10 heteroatoms. The first-order chi connectivity index (χ1) is 14.4. The minimum Gasteiger partial charge on any atom is -0.497 e. The molecule has 0 aromatic heterocycles. The topological polar surface area (TPSA) is 59.1 Å². The van der Waals surface area contributed by atoms with Gasteiger partial charge in [-0.2, -0.15) is 0 Å². The summed E-state index contributed by atoms with van der Waals surface area (Å²) in [5.74, 6) is 0.922. The van der Waals surface area contributed by atoms with Crippen molar-refractivity contribution in [2.45, 2.75) is 10.5 Å². The molecule has 4 rings (SSSR count). The van der Waals surface area contributed by atoms with Gasteiger partial charge in [-0.1, -0.05) is 48.0 Å². The van der Waals surface area contributed by atoms with Crippen molar-refractivity contribution in [3.63, 3.8) is 0 Å². The van der Waals surface area contributed by atoms with E-state index in [0.29, 0.717) is 31.5 Å². The van der Waals surface area contributed by atoms with Crippen LogP contribution in [0.2, 0.25) is 0 Å². The van der Waals surface area contributed by atoms with E-state index in [1.807, 2.05) is 0 Å². The Balaban J connectivity index is 1.56. The maximum Gasteiger partial charge on any atom is 0.247 e. The molecule has 2 fully saturated rings. The molecule has 154 valence electrons. The molecule has 0 aliphatic carbocycles. The fourth-order valence-corrected chi connectivity index (χ4v) is 6.44. The molecule has 2 aliphatic heterocycles. The third kappa shape index (κ3) is 3.68. The summed E-state index contributed by atoms with van der Waals surface area (Å²) in [7, 11) is 3.15. The normalized spacial score (nSPS) is 21.5. The fraction of sp³-hybridized carbons (Fsp3) is 0.200. The molecule has 2 aliphatic rings. The predicted octanol–water partition coefficient (Wildman–Crippen LogP) is 3.87. The maximum atomic E-state index is 13.2. The molecule has 0 spiro atoms. The van der Waals surface area contributed by atoms with Crippen LogP contribution in [0.1, 0.15) is 0 Å². The van der Waals surface area contributed by atoms with Crippen LogP contribution in [0.15, 0.2) is 48.5 Å². The van der Waals surface area contributed by atoms with Gasteiger partial charge in [0, 0.05) is 0 Å². The van der Waals surface area contributed by atoms with Crippen molar-refractivity contribution >= 4 is 79.8 Å². The van der Waals surface area contributed by atoms with Gasteiger partial charge >= 0.3 is 0 Å². The Hall–Kier alpha value is -2.14. The van der Waals surface area contributed by atoms with Crippen LogP contribution in [-0.2, 0) is 9.59 Å². The van der Waals surface area contributed by atoms with Crippen LogP contribution in [0.3, 0.4) is 0 Å². The van der Waals surface area contributed by atoms with Crippen molar-refractivity contribution in [1.29, 1.82) is 0 Å². The monoisotopic (exact) mass is 476 g/mol. The zero-order chi connectivity index (χ0) is 21.4. The second-order valence-electron chi connectivity index (χ2n) is 6.35. The molecule has 6 nitrogen and oxygen atoms in total. The number of benzene rings is 2. The second-order valence-corrected chi connectivity index (χ2v) is 9.90. The van der Waals surface area contributed by atoms with Gasteiger partial charge in [0.2, 0.25) is 11.8 Å². The SMILES string of the molecule is COc1ccc(N2C(=O)[C@H]([C@H]3SC(=S)N(c4ccc(OC)cc4)C3=O)SC2=S)cc1. The van der Waals surface area contributed by atoms with Crippen molar-refractivity contribution in [3.05, 3.63) is 48.5 Å². The zero-order valence-corrected chi connectivity index (χ0v) is 19.2. The standard InChI is InChI=1S/C20H16N2O4S4/c1-25-13-7-3-11(4-8-13)21-17(23)15(29-19(21)27)16-18(24)22(20(28)30-16)12-5-9-14(26-2)10-6-12/h3-10,15-16H,1-2H3/t15-,16+. The number of nitrogens with zero attached hydrogens (tertiary/aromatic N) is 2. The summed E-state index contributed by atoms with van der Waals surface area (Å²) >= 11 is 13.3. The van der Waals surface area contributed by atoms with Gasteiger partial charge in [0.25, 0.3) is 0 Å². The molecule has 2 aromatic rings. The third-order valence-corrected chi connectivity index (χ3v) is 8.02. The first kappa shape index (κ1) is 21.1. The Labute approximate surface area is 192 Å². The lowest BCUT2D eigenvalue weighted by molar-refractivity contribution is -0.121. The molecule has 2 amide bonds. The van der Waals surface area contributed by atoms with Crippen molar-refractivity contribution in [3.8, 4) is 11.5 Å². The van der Waals surface area contributed by atoms with E-state index in [0.717, 1.165) is 0 Å². The third-order valence-electron chi connectivity index (χ3n) is 4.68. The molecule has 0 radical (unpaired) electrons. The Morgan fingerprint density at radius 2 is 1.03 bits per heavy atom. The Morgan fingerprint density at radius 1 is 0.700 bits per heavy atom. The largest absolute Gasteiger partial charge is 0.497 e. The molecule has 0 unspecified atom stereocenters. The Morgan fingerprint density at radius 3 is 1.33 bits per heavy atom. The lowest BCUT2D eigenvalue weighted by atomic mass is 10.2. The van der Waals surface area contributed by atoms with Crippen molar-refractivity contribution in [2.24, 2.45) is 0 Å². The number of rotatable bonds is 5. The van der Waals surface area contributed by atoms with E-state index < -0.39 is 10.5 Å². The van der Waals surface area contributed by atoms with Crippen LogP contribution in [0, 0.1) is 0 Å². The van der Waals surface area contributed by atoms with E-state index in [1.54, 1.807) is 62.8 Å². The van der Waals surface area contributed by atoms with Crippen LogP contribution in [-0.4, -0.2) is 45.2 Å². The summed E-state index contributed by atoms with van der Waals surface area (Å²) in [5, 5.41) is -1.28. The number of thiocarbonyl (C=S) groups is 2. The molecule has 0 bridgehead atoms. The molecule has 0 saturated carbocycles. The number of thioether (sulfide) groups is 2. The summed E-state index contributed by atoms with van der Waals surface area (Å²) in [5.41, 5.74) is 1.29. The average Bonchev–Trinajstić information content (AvgIpc) is 3.22. The van der Waals surface area contributed by atoms with Gasteiger partial charge in [0.15, 0.2) is 0 Å². The van der Waals surface area contributed by atoms with Crippen LogP contribution in [0.4, 0.5) is 11.4 Å². The lowest BCUT2D eigenvalue weighted by Gasteiger charge is -2.18. The first-order valence-electron chi connectivity index (χ1n) is 8.82. The average molecular weight is 477 g/mol. The van der Waals surface area contributed by atoms with Gasteiger partial charge in [-0.05, 0) is 48.5 Å². The number of methoxy groups -OCH3 is 2. The number of amides is 2. The highest BCUT2D eigenvalue weighted by Gasteiger charge is 2.51. The van der Waals surface area contributed by atoms with E-state index in [9.17, 15) is 9.59 Å². The lowest BCUT2D eigenvalue weighted by Crippen LogP contribution is -2.40. The van der Waals surface area contributed by atoms with Crippen LogP contribution in [0.5, 0.6) is 11.5 Å². The minimum absolute atomic E-state index is 0.222. The molecular formula is C20H16N2O4S4. The molecule has 2 saturated heterocycles. The van der Waals surface area contributed by atoms with Gasteiger partial charge in [-0.15, -0.1) is 0 Å². The van der Waals surface area contributed by atoms with Crippen LogP contribution >= 0.6 is 48.0 Å². The highest BCUT2D eigenvalue weighted by Crippen LogP contribution is 2.43. The Bertz CT molecular complexity index is 943. The number of hydrogen-bond donors (Lipinski definition) is 0. The molecule has 2 aromatic carbocycles. The summed E-state index contributed by atoms with van der Waals surface area (Å²) in [6.07, 6.45) is 0. The molecule has 30 heavy (non-hydrogen) atoms. The summed E-state index contributed by atoms with van der Waals surface area (Å²) in [6.45, 7) is 0. The minimum atomic E-state index is -0.640. The molecule has 2 heterocycles. The highest BCUT2D eigenvalue weighted by atomic mass is 32.2. The van der Waals surface area contributed by atoms with Crippen molar-refractivity contribution in [1.82, 2.24) is 0 Å². The molecular weight excluding hydrogens is 460 g/mol. The van der Waals surface area contributed by atoms with Gasteiger partial charge in [0.1, 0.15) is 30.6 Å². The number of hydrogen-bond acceptors (Lipinski definition) is 8. The molecule has 2 atom stereocenters. The van der Waals surface area contributed by atoms with E-state index in [1.165, 1.54) is 33.3 Å². The van der Waals surface area contributed by atoms with E-state index in [4.69, 9.17) is 33.9 Å². The number of anilines is 2. The quantitative estimate of drug-likeness (QED) is 0.603. The summed E-state index contributed by atoms with van der Waals surface area (Å²) in [4.78, 5) is 29.3. The first-order valence-corrected chi connectivity index (χ1v) is 11.4. The number of carbonyl (C=O) groups excluding carboxylic acids is 2. The summed E-state index contributed by atoms with van der Waals surface area (Å²) in [6, 6.07) is 14.1. The van der Waals surface area contributed by atoms with E-state index in [-0.39, 0.29) is 11.8 Å². The number of carbonyl (C=O) groups is 2. The van der Waals surface area contributed by atoms with Gasteiger partial charge < -0.3 is 9.47 Å². The predicted molar refractivity (Wildman–Crippen MR) is 129 cm³/mol.